The molecular weight excluding hydrogens is 358 g/mol. The van der Waals surface area contributed by atoms with Crippen LogP contribution in [0, 0.1) is 13.8 Å². The Bertz CT molecular complexity index is 879. The minimum Gasteiger partial charge on any atom is -0.480 e. The number of nitrogens with zero attached hydrogens (tertiary/aromatic N) is 5. The van der Waals surface area contributed by atoms with E-state index in [2.05, 4.69) is 15.3 Å². The van der Waals surface area contributed by atoms with Crippen molar-refractivity contribution in [2.75, 3.05) is 20.2 Å². The van der Waals surface area contributed by atoms with E-state index in [1.54, 1.807) is 30.7 Å². The van der Waals surface area contributed by atoms with E-state index in [1.807, 2.05) is 6.92 Å². The van der Waals surface area contributed by atoms with E-state index in [9.17, 15) is 8.42 Å². The van der Waals surface area contributed by atoms with Crippen LogP contribution in [0.3, 0.4) is 0 Å². The number of aromatic nitrogens is 4. The van der Waals surface area contributed by atoms with Gasteiger partial charge >= 0.3 is 0 Å². The fourth-order valence-corrected chi connectivity index (χ4v) is 5.01. The number of methoxy groups -OCH3 is 1. The van der Waals surface area contributed by atoms with E-state index in [-0.39, 0.29) is 12.6 Å². The fourth-order valence-electron chi connectivity index (χ4n) is 3.15. The van der Waals surface area contributed by atoms with Crippen molar-refractivity contribution in [1.82, 2.24) is 24.3 Å². The van der Waals surface area contributed by atoms with Gasteiger partial charge in [-0.3, -0.25) is 4.68 Å². The summed E-state index contributed by atoms with van der Waals surface area (Å²) >= 11 is 0. The third-order valence-electron chi connectivity index (χ3n) is 4.43. The minimum atomic E-state index is -3.61. The highest BCUT2D eigenvalue weighted by atomic mass is 32.2. The van der Waals surface area contributed by atoms with E-state index in [0.29, 0.717) is 47.6 Å². The monoisotopic (exact) mass is 381 g/mol. The van der Waals surface area contributed by atoms with Crippen molar-refractivity contribution in [2.45, 2.75) is 44.7 Å². The Morgan fingerprint density at radius 2 is 1.92 bits per heavy atom. The molecule has 0 aromatic carbocycles. The molecule has 1 saturated heterocycles. The second-order valence-electron chi connectivity index (χ2n) is 6.12. The summed E-state index contributed by atoms with van der Waals surface area (Å²) < 4.78 is 40.0. The molecule has 0 N–H and O–H groups in total. The lowest BCUT2D eigenvalue weighted by atomic mass is 10.3. The standard InChI is InChI=1S/C16H23N5O4S/c1-5-21-12(3)16(11(2)19-21)26(22,23)20-9-8-13(10-20)25-15-7-6-14(24-4)17-18-15/h6-7,13H,5,8-10H2,1-4H3. The summed E-state index contributed by atoms with van der Waals surface area (Å²) in [5.41, 5.74) is 1.19. The summed E-state index contributed by atoms with van der Waals surface area (Å²) in [7, 11) is -2.10. The van der Waals surface area contributed by atoms with Crippen LogP contribution in [0.1, 0.15) is 24.7 Å². The predicted octanol–water partition coefficient (Wildman–Crippen LogP) is 1.16. The van der Waals surface area contributed by atoms with Crippen molar-refractivity contribution < 1.29 is 17.9 Å². The first-order valence-corrected chi connectivity index (χ1v) is 9.89. The molecule has 10 heteroatoms. The van der Waals surface area contributed by atoms with Gasteiger partial charge in [-0.1, -0.05) is 0 Å². The van der Waals surface area contributed by atoms with Gasteiger partial charge in [0.1, 0.15) is 11.0 Å². The predicted molar refractivity (Wildman–Crippen MR) is 93.8 cm³/mol. The minimum absolute atomic E-state index is 0.269. The number of aryl methyl sites for hydroxylation is 2. The van der Waals surface area contributed by atoms with Crippen LogP contribution in [0.25, 0.3) is 0 Å². The second kappa shape index (κ2) is 7.20. The number of sulfonamides is 1. The average molecular weight is 381 g/mol. The SMILES string of the molecule is CCn1nc(C)c(S(=O)(=O)N2CCC(Oc3ccc(OC)nn3)C2)c1C. The molecule has 1 aliphatic heterocycles. The van der Waals surface area contributed by atoms with E-state index < -0.39 is 10.0 Å². The highest BCUT2D eigenvalue weighted by molar-refractivity contribution is 7.89. The average Bonchev–Trinajstić information content (AvgIpc) is 3.20. The molecule has 26 heavy (non-hydrogen) atoms. The number of ether oxygens (including phenoxy) is 2. The van der Waals surface area contributed by atoms with Gasteiger partial charge in [-0.05, 0) is 27.2 Å². The van der Waals surface area contributed by atoms with E-state index in [1.165, 1.54) is 11.4 Å². The molecule has 2 aromatic heterocycles. The van der Waals surface area contributed by atoms with Crippen LogP contribution < -0.4 is 9.47 Å². The molecule has 0 bridgehead atoms. The van der Waals surface area contributed by atoms with Crippen molar-refractivity contribution in [1.29, 1.82) is 0 Å². The molecule has 0 spiro atoms. The van der Waals surface area contributed by atoms with Gasteiger partial charge in [0, 0.05) is 25.2 Å². The molecule has 1 aliphatic rings. The third kappa shape index (κ3) is 3.38. The van der Waals surface area contributed by atoms with Crippen LogP contribution >= 0.6 is 0 Å². The van der Waals surface area contributed by atoms with Gasteiger partial charge in [0.25, 0.3) is 0 Å². The fraction of sp³-hybridized carbons (Fsp3) is 0.562. The third-order valence-corrected chi connectivity index (χ3v) is 6.55. The summed E-state index contributed by atoms with van der Waals surface area (Å²) in [5, 5.41) is 12.1. The van der Waals surface area contributed by atoms with Crippen LogP contribution in [-0.2, 0) is 16.6 Å². The zero-order valence-electron chi connectivity index (χ0n) is 15.3. The molecule has 9 nitrogen and oxygen atoms in total. The van der Waals surface area contributed by atoms with Crippen LogP contribution in [0.15, 0.2) is 17.0 Å². The zero-order valence-corrected chi connectivity index (χ0v) is 16.2. The molecule has 3 rings (SSSR count). The molecule has 0 amide bonds. The number of hydrogen-bond donors (Lipinski definition) is 0. The lowest BCUT2D eigenvalue weighted by Crippen LogP contribution is -2.31. The molecule has 0 radical (unpaired) electrons. The first-order valence-electron chi connectivity index (χ1n) is 8.45. The van der Waals surface area contributed by atoms with Gasteiger partial charge in [0.15, 0.2) is 0 Å². The van der Waals surface area contributed by atoms with Crippen LogP contribution in [0.5, 0.6) is 11.8 Å². The second-order valence-corrected chi connectivity index (χ2v) is 8.00. The highest BCUT2D eigenvalue weighted by Gasteiger charge is 2.37. The molecule has 0 saturated carbocycles. The van der Waals surface area contributed by atoms with Gasteiger partial charge in [0.2, 0.25) is 21.8 Å². The zero-order chi connectivity index (χ0) is 18.9. The van der Waals surface area contributed by atoms with Crippen molar-refractivity contribution in [3.8, 4) is 11.8 Å². The Balaban J connectivity index is 1.74. The molecule has 1 fully saturated rings. The number of rotatable bonds is 6. The maximum atomic E-state index is 13.1. The molecule has 0 aliphatic carbocycles. The van der Waals surface area contributed by atoms with Crippen LogP contribution in [-0.4, -0.2) is 59.0 Å². The maximum Gasteiger partial charge on any atom is 0.246 e. The first-order chi connectivity index (χ1) is 12.4. The summed E-state index contributed by atoms with van der Waals surface area (Å²) in [4.78, 5) is 0.296. The molecule has 3 heterocycles. The molecular formula is C16H23N5O4S. The van der Waals surface area contributed by atoms with Gasteiger partial charge < -0.3 is 9.47 Å². The van der Waals surface area contributed by atoms with Gasteiger partial charge in [-0.2, -0.15) is 9.40 Å². The summed E-state index contributed by atoms with van der Waals surface area (Å²) in [6, 6.07) is 3.31. The van der Waals surface area contributed by atoms with Gasteiger partial charge in [0.05, 0.1) is 25.0 Å². The summed E-state index contributed by atoms with van der Waals surface area (Å²) in [6.45, 7) is 6.74. The molecule has 1 atom stereocenters. The Hall–Kier alpha value is -2.20. The van der Waals surface area contributed by atoms with E-state index in [0.717, 1.165) is 0 Å². The molecule has 142 valence electrons. The quantitative estimate of drug-likeness (QED) is 0.740. The Morgan fingerprint density at radius 1 is 1.23 bits per heavy atom. The Kier molecular flexibility index (Phi) is 5.15. The van der Waals surface area contributed by atoms with Gasteiger partial charge in [-0.15, -0.1) is 10.2 Å². The maximum absolute atomic E-state index is 13.1. The molecule has 2 aromatic rings. The van der Waals surface area contributed by atoms with Crippen molar-refractivity contribution >= 4 is 10.0 Å². The van der Waals surface area contributed by atoms with Crippen LogP contribution in [0.4, 0.5) is 0 Å². The summed E-state index contributed by atoms with van der Waals surface area (Å²) in [6.07, 6.45) is 0.321. The smallest absolute Gasteiger partial charge is 0.246 e. The lowest BCUT2D eigenvalue weighted by Gasteiger charge is -2.17. The van der Waals surface area contributed by atoms with E-state index >= 15 is 0 Å². The number of hydrogen-bond acceptors (Lipinski definition) is 7. The van der Waals surface area contributed by atoms with Crippen LogP contribution in [0.2, 0.25) is 0 Å². The summed E-state index contributed by atoms with van der Waals surface area (Å²) in [5.74, 6) is 0.744. The van der Waals surface area contributed by atoms with E-state index in [4.69, 9.17) is 9.47 Å². The largest absolute Gasteiger partial charge is 0.480 e. The normalized spacial score (nSPS) is 18.2. The topological polar surface area (TPSA) is 99.4 Å². The molecule has 1 unspecified atom stereocenters. The first kappa shape index (κ1) is 18.6. The lowest BCUT2D eigenvalue weighted by molar-refractivity contribution is 0.203. The highest BCUT2D eigenvalue weighted by Crippen LogP contribution is 2.27. The van der Waals surface area contributed by atoms with Crippen molar-refractivity contribution in [2.24, 2.45) is 0 Å². The Morgan fingerprint density at radius 3 is 2.50 bits per heavy atom. The van der Waals surface area contributed by atoms with Crippen molar-refractivity contribution in [3.63, 3.8) is 0 Å². The van der Waals surface area contributed by atoms with Gasteiger partial charge in [-0.25, -0.2) is 8.42 Å². The Labute approximate surface area is 153 Å². The van der Waals surface area contributed by atoms with Crippen molar-refractivity contribution in [3.05, 3.63) is 23.5 Å².